The molecule has 0 aliphatic heterocycles. The Bertz CT molecular complexity index is 665. The quantitative estimate of drug-likeness (QED) is 0.764. The highest BCUT2D eigenvalue weighted by Crippen LogP contribution is 2.27. The van der Waals surface area contributed by atoms with Crippen LogP contribution >= 0.6 is 0 Å². The van der Waals surface area contributed by atoms with Crippen LogP contribution in [-0.4, -0.2) is 33.9 Å². The molecule has 0 bridgehead atoms. The number of halogens is 2. The fraction of sp³-hybridized carbons (Fsp3) is 0.375. The summed E-state index contributed by atoms with van der Waals surface area (Å²) in [5.74, 6) is -1.95. The van der Waals surface area contributed by atoms with Crippen molar-refractivity contribution in [2.75, 3.05) is 6.54 Å². The van der Waals surface area contributed by atoms with Gasteiger partial charge < -0.3 is 10.4 Å². The summed E-state index contributed by atoms with van der Waals surface area (Å²) in [7, 11) is 0. The first kappa shape index (κ1) is 17.1. The molecule has 5 nitrogen and oxygen atoms in total. The van der Waals surface area contributed by atoms with Gasteiger partial charge in [0.15, 0.2) is 0 Å². The predicted octanol–water partition coefficient (Wildman–Crippen LogP) is 2.49. The number of aliphatic hydroxyl groups excluding tert-OH is 1. The van der Waals surface area contributed by atoms with Crippen LogP contribution in [0.4, 0.5) is 8.78 Å². The van der Waals surface area contributed by atoms with E-state index in [4.69, 9.17) is 0 Å². The molecule has 2 rings (SSSR count). The average Bonchev–Trinajstić information content (AvgIpc) is 2.93. The summed E-state index contributed by atoms with van der Waals surface area (Å²) in [6.07, 6.45) is 1.31. The van der Waals surface area contributed by atoms with Crippen LogP contribution in [0.15, 0.2) is 24.4 Å². The normalized spacial score (nSPS) is 13.6. The van der Waals surface area contributed by atoms with Gasteiger partial charge in [0.25, 0.3) is 5.91 Å². The maximum atomic E-state index is 13.9. The van der Waals surface area contributed by atoms with E-state index in [1.54, 1.807) is 6.92 Å². The molecule has 0 aliphatic rings. The number of benzene rings is 1. The van der Waals surface area contributed by atoms with E-state index in [0.717, 1.165) is 12.1 Å². The zero-order valence-electron chi connectivity index (χ0n) is 12.9. The molecule has 2 atom stereocenters. The van der Waals surface area contributed by atoms with Gasteiger partial charge in [-0.25, -0.2) is 8.78 Å². The fourth-order valence-corrected chi connectivity index (χ4v) is 2.41. The third kappa shape index (κ3) is 4.13. The van der Waals surface area contributed by atoms with Crippen molar-refractivity contribution in [3.63, 3.8) is 0 Å². The lowest BCUT2D eigenvalue weighted by Crippen LogP contribution is -2.29. The van der Waals surface area contributed by atoms with Crippen LogP contribution in [0.3, 0.4) is 0 Å². The van der Waals surface area contributed by atoms with Gasteiger partial charge in [0.05, 0.1) is 29.1 Å². The smallest absolute Gasteiger partial charge is 0.255 e. The van der Waals surface area contributed by atoms with Gasteiger partial charge in [-0.1, -0.05) is 13.0 Å². The van der Waals surface area contributed by atoms with E-state index in [-0.39, 0.29) is 22.7 Å². The molecule has 1 heterocycles. The number of aromatic nitrogens is 2. The van der Waals surface area contributed by atoms with Crippen LogP contribution in [0, 0.1) is 17.6 Å². The number of hydrogen-bond acceptors (Lipinski definition) is 3. The molecule has 0 spiro atoms. The summed E-state index contributed by atoms with van der Waals surface area (Å²) in [5, 5.41) is 18.2. The van der Waals surface area contributed by atoms with Crippen molar-refractivity contribution in [1.29, 1.82) is 0 Å². The largest absolute Gasteiger partial charge is 0.393 e. The average molecular weight is 323 g/mol. The Morgan fingerprint density at radius 3 is 2.61 bits per heavy atom. The highest BCUT2D eigenvalue weighted by atomic mass is 19.1. The lowest BCUT2D eigenvalue weighted by molar-refractivity contribution is 0.0940. The molecule has 1 amide bonds. The minimum Gasteiger partial charge on any atom is -0.393 e. The molecule has 1 aromatic carbocycles. The maximum Gasteiger partial charge on any atom is 0.255 e. The summed E-state index contributed by atoms with van der Waals surface area (Å²) in [4.78, 5) is 12.2. The maximum absolute atomic E-state index is 13.9. The molecule has 2 unspecified atom stereocenters. The molecule has 7 heteroatoms. The SMILES string of the molecule is CC(O)CC(C)CNC(=O)c1cn[nH]c1-c1c(F)cccc1F. The van der Waals surface area contributed by atoms with Crippen LogP contribution < -0.4 is 5.32 Å². The number of aliphatic hydroxyl groups is 1. The standard InChI is InChI=1S/C16H19F2N3O2/c1-9(6-10(2)22)7-19-16(23)11-8-20-21-15(11)14-12(17)4-3-5-13(14)18/h3-5,8-10,22H,6-7H2,1-2H3,(H,19,23)(H,20,21). The molecular weight excluding hydrogens is 304 g/mol. The van der Waals surface area contributed by atoms with Crippen LogP contribution in [0.1, 0.15) is 30.6 Å². The minimum atomic E-state index is -0.772. The van der Waals surface area contributed by atoms with Crippen molar-refractivity contribution in [3.05, 3.63) is 41.6 Å². The van der Waals surface area contributed by atoms with E-state index in [9.17, 15) is 18.7 Å². The van der Waals surface area contributed by atoms with Crippen molar-refractivity contribution in [2.24, 2.45) is 5.92 Å². The van der Waals surface area contributed by atoms with E-state index in [1.807, 2.05) is 6.92 Å². The molecule has 1 aromatic heterocycles. The number of aromatic amines is 1. The van der Waals surface area contributed by atoms with Gasteiger partial charge in [0, 0.05) is 6.54 Å². The van der Waals surface area contributed by atoms with Crippen LogP contribution in [-0.2, 0) is 0 Å². The molecule has 3 N–H and O–H groups in total. The lowest BCUT2D eigenvalue weighted by Gasteiger charge is -2.14. The van der Waals surface area contributed by atoms with Crippen LogP contribution in [0.2, 0.25) is 0 Å². The van der Waals surface area contributed by atoms with E-state index >= 15 is 0 Å². The second-order valence-electron chi connectivity index (χ2n) is 5.66. The molecule has 0 saturated heterocycles. The molecule has 23 heavy (non-hydrogen) atoms. The lowest BCUT2D eigenvalue weighted by atomic mass is 10.0. The Hall–Kier alpha value is -2.28. The molecule has 0 saturated carbocycles. The van der Waals surface area contributed by atoms with Crippen molar-refractivity contribution in [1.82, 2.24) is 15.5 Å². The van der Waals surface area contributed by atoms with Crippen molar-refractivity contribution >= 4 is 5.91 Å². The van der Waals surface area contributed by atoms with Crippen LogP contribution in [0.5, 0.6) is 0 Å². The third-order valence-electron chi connectivity index (χ3n) is 3.45. The van der Waals surface area contributed by atoms with Crippen molar-refractivity contribution < 1.29 is 18.7 Å². The van der Waals surface area contributed by atoms with Gasteiger partial charge in [-0.15, -0.1) is 0 Å². The fourth-order valence-electron chi connectivity index (χ4n) is 2.41. The molecule has 2 aromatic rings. The number of carbonyl (C=O) groups excluding carboxylic acids is 1. The topological polar surface area (TPSA) is 78.0 Å². The number of hydrogen-bond donors (Lipinski definition) is 3. The third-order valence-corrected chi connectivity index (χ3v) is 3.45. The molecule has 124 valence electrons. The summed E-state index contributed by atoms with van der Waals surface area (Å²) < 4.78 is 27.7. The first-order valence-electron chi connectivity index (χ1n) is 7.34. The van der Waals surface area contributed by atoms with E-state index in [2.05, 4.69) is 15.5 Å². The van der Waals surface area contributed by atoms with E-state index < -0.39 is 23.6 Å². The molecular formula is C16H19F2N3O2. The highest BCUT2D eigenvalue weighted by molar-refractivity contribution is 5.99. The second-order valence-corrected chi connectivity index (χ2v) is 5.66. The summed E-state index contributed by atoms with van der Waals surface area (Å²) >= 11 is 0. The van der Waals surface area contributed by atoms with E-state index in [1.165, 1.54) is 12.3 Å². The number of nitrogens with zero attached hydrogens (tertiary/aromatic N) is 1. The summed E-state index contributed by atoms with van der Waals surface area (Å²) in [6, 6.07) is 3.49. The Kier molecular flexibility index (Phi) is 5.44. The number of H-pyrrole nitrogens is 1. The second kappa shape index (κ2) is 7.32. The summed E-state index contributed by atoms with van der Waals surface area (Å²) in [5.41, 5.74) is -0.244. The predicted molar refractivity (Wildman–Crippen MR) is 81.7 cm³/mol. The Morgan fingerprint density at radius 1 is 1.35 bits per heavy atom. The molecule has 0 radical (unpaired) electrons. The molecule has 0 aliphatic carbocycles. The summed E-state index contributed by atoms with van der Waals surface area (Å²) in [6.45, 7) is 3.90. The Balaban J connectivity index is 2.16. The van der Waals surface area contributed by atoms with E-state index in [0.29, 0.717) is 13.0 Å². The number of carbonyl (C=O) groups is 1. The highest BCUT2D eigenvalue weighted by Gasteiger charge is 2.21. The van der Waals surface area contributed by atoms with Gasteiger partial charge in [-0.2, -0.15) is 5.10 Å². The number of rotatable bonds is 6. The van der Waals surface area contributed by atoms with Gasteiger partial charge >= 0.3 is 0 Å². The zero-order chi connectivity index (χ0) is 17.0. The molecule has 0 fully saturated rings. The van der Waals surface area contributed by atoms with Gasteiger partial charge in [-0.05, 0) is 31.4 Å². The first-order chi connectivity index (χ1) is 10.9. The van der Waals surface area contributed by atoms with Gasteiger partial charge in [0.2, 0.25) is 0 Å². The van der Waals surface area contributed by atoms with Crippen LogP contribution in [0.25, 0.3) is 11.3 Å². The number of amides is 1. The van der Waals surface area contributed by atoms with Crippen molar-refractivity contribution in [3.8, 4) is 11.3 Å². The first-order valence-corrected chi connectivity index (χ1v) is 7.34. The zero-order valence-corrected chi connectivity index (χ0v) is 12.9. The Morgan fingerprint density at radius 2 is 2.00 bits per heavy atom. The van der Waals surface area contributed by atoms with Gasteiger partial charge in [-0.3, -0.25) is 9.89 Å². The van der Waals surface area contributed by atoms with Gasteiger partial charge in [0.1, 0.15) is 11.6 Å². The monoisotopic (exact) mass is 323 g/mol. The van der Waals surface area contributed by atoms with Crippen molar-refractivity contribution in [2.45, 2.75) is 26.4 Å². The Labute approximate surface area is 132 Å². The number of nitrogens with one attached hydrogen (secondary N) is 2. The minimum absolute atomic E-state index is 0.00118.